The zero-order valence-electron chi connectivity index (χ0n) is 29.4. The fraction of sp³-hybridized carbons (Fsp3) is 0.605. The van der Waals surface area contributed by atoms with Crippen molar-refractivity contribution in [2.75, 3.05) is 45.2 Å². The number of benzene rings is 2. The third-order valence-electron chi connectivity index (χ3n) is 9.37. The smallest absolute Gasteiger partial charge is 0.337 e. The number of hydrogen-bond acceptors (Lipinski definition) is 6. The van der Waals surface area contributed by atoms with Crippen molar-refractivity contribution in [1.82, 2.24) is 19.4 Å². The number of hydrogen-bond donors (Lipinski definition) is 1. The highest BCUT2D eigenvalue weighted by atomic mass is 16.5. The number of methoxy groups -OCH3 is 1. The number of piperidine rings is 1. The second-order valence-electron chi connectivity index (χ2n) is 14.4. The molecule has 0 radical (unpaired) electrons. The number of nitrogens with zero attached hydrogens (tertiary/aromatic N) is 4. The van der Waals surface area contributed by atoms with Gasteiger partial charge in [0.1, 0.15) is 0 Å². The van der Waals surface area contributed by atoms with Crippen molar-refractivity contribution < 1.29 is 14.3 Å². The quantitative estimate of drug-likeness (QED) is 0.165. The van der Waals surface area contributed by atoms with Crippen LogP contribution in [0.5, 0.6) is 0 Å². The van der Waals surface area contributed by atoms with E-state index in [1.165, 1.54) is 39.5 Å². The lowest BCUT2D eigenvalue weighted by molar-refractivity contribution is -0.136. The first-order chi connectivity index (χ1) is 22.0. The van der Waals surface area contributed by atoms with Crippen molar-refractivity contribution in [3.8, 4) is 0 Å². The molecule has 4 rings (SSSR count). The first-order valence-electron chi connectivity index (χ1n) is 17.4. The van der Waals surface area contributed by atoms with Crippen LogP contribution in [0.25, 0.3) is 11.0 Å². The predicted molar refractivity (Wildman–Crippen MR) is 188 cm³/mol. The minimum atomic E-state index is -0.667. The molecule has 46 heavy (non-hydrogen) atoms. The third-order valence-corrected chi connectivity index (χ3v) is 9.37. The summed E-state index contributed by atoms with van der Waals surface area (Å²) < 4.78 is 7.14. The molecule has 0 atom stereocenters. The van der Waals surface area contributed by atoms with E-state index < -0.39 is 5.41 Å². The Morgan fingerprint density at radius 2 is 1.59 bits per heavy atom. The summed E-state index contributed by atoms with van der Waals surface area (Å²) in [6.45, 7) is 19.5. The normalized spacial score (nSPS) is 14.3. The zero-order valence-corrected chi connectivity index (χ0v) is 29.4. The molecule has 0 spiro atoms. The van der Waals surface area contributed by atoms with Gasteiger partial charge in [-0.2, -0.15) is 0 Å². The Morgan fingerprint density at radius 1 is 0.935 bits per heavy atom. The molecule has 1 aromatic heterocycles. The molecule has 252 valence electrons. The Morgan fingerprint density at radius 3 is 2.20 bits per heavy atom. The fourth-order valence-electron chi connectivity index (χ4n) is 6.23. The molecule has 1 amide bonds. The van der Waals surface area contributed by atoms with Gasteiger partial charge in [0.05, 0.1) is 29.1 Å². The monoisotopic (exact) mass is 631 g/mol. The average Bonchev–Trinajstić information content (AvgIpc) is 3.40. The van der Waals surface area contributed by atoms with Crippen LogP contribution in [-0.2, 0) is 28.0 Å². The number of anilines is 1. The van der Waals surface area contributed by atoms with E-state index in [1.54, 1.807) is 12.1 Å². The molecule has 3 aromatic rings. The highest BCUT2D eigenvalue weighted by Gasteiger charge is 2.34. The first kappa shape index (κ1) is 35.5. The minimum absolute atomic E-state index is 0.193. The molecule has 1 saturated heterocycles. The van der Waals surface area contributed by atoms with Gasteiger partial charge in [0.15, 0.2) is 0 Å². The number of aromatic nitrogens is 2. The van der Waals surface area contributed by atoms with Crippen LogP contribution in [0.4, 0.5) is 5.95 Å². The van der Waals surface area contributed by atoms with Gasteiger partial charge in [0.25, 0.3) is 0 Å². The molecule has 0 bridgehead atoms. The van der Waals surface area contributed by atoms with Crippen molar-refractivity contribution in [3.05, 3.63) is 59.2 Å². The Hall–Kier alpha value is -3.39. The maximum atomic E-state index is 14.2. The maximum absolute atomic E-state index is 14.2. The number of rotatable bonds is 16. The molecule has 2 aromatic carbocycles. The molecular formula is C38H57N5O3. The SMILES string of the molecule is COC(=O)c1ccc(CNc2nc3ccc(C(C)(C)C(=O)N(CCC(C)C)CCC(C)C)cc3n2CCCN2CCCCC2)cc1. The molecule has 0 unspecified atom stereocenters. The number of carbonyl (C=O) groups is 2. The van der Waals surface area contributed by atoms with Crippen LogP contribution in [-0.4, -0.2) is 71.1 Å². The van der Waals surface area contributed by atoms with Gasteiger partial charge < -0.3 is 24.4 Å². The summed E-state index contributed by atoms with van der Waals surface area (Å²) >= 11 is 0. The molecule has 1 aliphatic rings. The van der Waals surface area contributed by atoms with Gasteiger partial charge in [-0.25, -0.2) is 9.78 Å². The lowest BCUT2D eigenvalue weighted by Crippen LogP contribution is -2.45. The maximum Gasteiger partial charge on any atom is 0.337 e. The Kier molecular flexibility index (Phi) is 12.7. The van der Waals surface area contributed by atoms with Gasteiger partial charge in [0.2, 0.25) is 11.9 Å². The van der Waals surface area contributed by atoms with Crippen molar-refractivity contribution in [1.29, 1.82) is 0 Å². The van der Waals surface area contributed by atoms with Crippen LogP contribution in [0.2, 0.25) is 0 Å². The van der Waals surface area contributed by atoms with Crippen LogP contribution in [0, 0.1) is 11.8 Å². The summed E-state index contributed by atoms with van der Waals surface area (Å²) in [6, 6.07) is 13.8. The van der Waals surface area contributed by atoms with Crippen LogP contribution >= 0.6 is 0 Å². The number of carbonyl (C=O) groups excluding carboxylic acids is 2. The van der Waals surface area contributed by atoms with Gasteiger partial charge in [0, 0.05) is 26.2 Å². The molecule has 8 nitrogen and oxygen atoms in total. The molecule has 2 heterocycles. The molecule has 8 heteroatoms. The standard InChI is InChI=1S/C38H57N5O3/c1-28(2)18-24-42(25-19-29(3)4)36(45)38(5,6)32-16-17-33-34(26-32)43(23-11-22-41-20-9-8-10-21-41)37(40-33)39-27-30-12-14-31(15-13-30)35(44)46-7/h12-17,26,28-29H,8-11,18-25,27H2,1-7H3,(H,39,40). The number of likely N-dealkylation sites (tertiary alicyclic amines) is 1. The molecular weight excluding hydrogens is 574 g/mol. The molecule has 1 aliphatic heterocycles. The Bertz CT molecular complexity index is 1410. The topological polar surface area (TPSA) is 79.7 Å². The first-order valence-corrected chi connectivity index (χ1v) is 17.4. The fourth-order valence-corrected chi connectivity index (χ4v) is 6.23. The van der Waals surface area contributed by atoms with E-state index in [-0.39, 0.29) is 11.9 Å². The average molecular weight is 632 g/mol. The second-order valence-corrected chi connectivity index (χ2v) is 14.4. The number of ether oxygens (including phenoxy) is 1. The van der Waals surface area contributed by atoms with Crippen molar-refractivity contribution in [2.45, 2.75) is 98.6 Å². The molecule has 0 aliphatic carbocycles. The van der Waals surface area contributed by atoms with Crippen LogP contribution in [0.15, 0.2) is 42.5 Å². The highest BCUT2D eigenvalue weighted by Crippen LogP contribution is 2.31. The highest BCUT2D eigenvalue weighted by molar-refractivity contribution is 5.90. The molecule has 0 saturated carbocycles. The minimum Gasteiger partial charge on any atom is -0.465 e. The zero-order chi connectivity index (χ0) is 33.3. The third kappa shape index (κ3) is 9.34. The van der Waals surface area contributed by atoms with E-state index in [1.807, 2.05) is 12.1 Å². The number of nitrogens with one attached hydrogen (secondary N) is 1. The van der Waals surface area contributed by atoms with Gasteiger partial charge in [-0.05, 0) is 113 Å². The Balaban J connectivity index is 1.60. The van der Waals surface area contributed by atoms with Gasteiger partial charge in [-0.3, -0.25) is 4.79 Å². The van der Waals surface area contributed by atoms with Crippen LogP contribution < -0.4 is 5.32 Å². The predicted octanol–water partition coefficient (Wildman–Crippen LogP) is 7.51. The Labute approximate surface area is 276 Å². The number of amides is 1. The number of imidazole rings is 1. The summed E-state index contributed by atoms with van der Waals surface area (Å²) in [5, 5.41) is 3.57. The number of aryl methyl sites for hydroxylation is 1. The number of fused-ring (bicyclic) bond motifs is 1. The largest absolute Gasteiger partial charge is 0.465 e. The van der Waals surface area contributed by atoms with Gasteiger partial charge in [-0.15, -0.1) is 0 Å². The van der Waals surface area contributed by atoms with E-state index in [9.17, 15) is 9.59 Å². The van der Waals surface area contributed by atoms with Crippen molar-refractivity contribution >= 4 is 28.9 Å². The molecule has 1 N–H and O–H groups in total. The summed E-state index contributed by atoms with van der Waals surface area (Å²) in [5.41, 5.74) is 3.91. The summed E-state index contributed by atoms with van der Waals surface area (Å²) in [6.07, 6.45) is 6.94. The van der Waals surface area contributed by atoms with E-state index >= 15 is 0 Å². The summed E-state index contributed by atoms with van der Waals surface area (Å²) in [7, 11) is 1.39. The molecule has 1 fully saturated rings. The lowest BCUT2D eigenvalue weighted by Gasteiger charge is -2.33. The van der Waals surface area contributed by atoms with E-state index in [2.05, 4.69) is 79.4 Å². The summed E-state index contributed by atoms with van der Waals surface area (Å²) in [4.78, 5) is 35.7. The summed E-state index contributed by atoms with van der Waals surface area (Å²) in [5.74, 6) is 1.77. The number of esters is 1. The van der Waals surface area contributed by atoms with E-state index in [0.717, 1.165) is 73.6 Å². The van der Waals surface area contributed by atoms with Crippen molar-refractivity contribution in [2.24, 2.45) is 11.8 Å². The van der Waals surface area contributed by atoms with E-state index in [0.29, 0.717) is 23.9 Å². The second kappa shape index (κ2) is 16.4. The van der Waals surface area contributed by atoms with Crippen LogP contribution in [0.3, 0.4) is 0 Å². The van der Waals surface area contributed by atoms with Gasteiger partial charge >= 0.3 is 5.97 Å². The van der Waals surface area contributed by atoms with Crippen LogP contribution in [0.1, 0.15) is 102 Å². The van der Waals surface area contributed by atoms with E-state index in [4.69, 9.17) is 9.72 Å². The van der Waals surface area contributed by atoms with Gasteiger partial charge in [-0.1, -0.05) is 52.3 Å². The van der Waals surface area contributed by atoms with Crippen molar-refractivity contribution in [3.63, 3.8) is 0 Å². The lowest BCUT2D eigenvalue weighted by atomic mass is 9.82.